The van der Waals surface area contributed by atoms with Crippen molar-refractivity contribution in [2.45, 2.75) is 25.4 Å². The molecule has 1 aliphatic rings. The first kappa shape index (κ1) is 14.2. The first-order chi connectivity index (χ1) is 11.4. The monoisotopic (exact) mass is 308 g/mol. The lowest BCUT2D eigenvalue weighted by atomic mass is 10.2. The summed E-state index contributed by atoms with van der Waals surface area (Å²) in [6.07, 6.45) is 8.13. The van der Waals surface area contributed by atoms with Crippen LogP contribution in [-0.4, -0.2) is 38.5 Å². The van der Waals surface area contributed by atoms with Gasteiger partial charge in [-0.05, 0) is 37.6 Å². The third kappa shape index (κ3) is 3.05. The minimum absolute atomic E-state index is 0.456. The van der Waals surface area contributed by atoms with Crippen LogP contribution in [0.15, 0.2) is 55.0 Å². The van der Waals surface area contributed by atoms with E-state index in [1.54, 1.807) is 6.20 Å². The Hall–Kier alpha value is -2.40. The summed E-state index contributed by atoms with van der Waals surface area (Å²) in [6.45, 7) is 2.73. The molecule has 0 saturated carbocycles. The molecule has 118 valence electrons. The van der Waals surface area contributed by atoms with Crippen LogP contribution in [0.1, 0.15) is 18.5 Å². The Labute approximate surface area is 135 Å². The molecular weight excluding hydrogens is 288 g/mol. The summed E-state index contributed by atoms with van der Waals surface area (Å²) < 4.78 is 8.01. The highest BCUT2D eigenvalue weighted by Gasteiger charge is 2.26. The summed E-state index contributed by atoms with van der Waals surface area (Å²) in [6, 6.07) is 12.4. The molecule has 3 aromatic rings. The Morgan fingerprint density at radius 2 is 2.04 bits per heavy atom. The van der Waals surface area contributed by atoms with Crippen molar-refractivity contribution in [1.29, 1.82) is 0 Å². The molecule has 2 aromatic heterocycles. The van der Waals surface area contributed by atoms with Crippen LogP contribution in [-0.2, 0) is 6.54 Å². The minimum Gasteiger partial charge on any atom is -0.492 e. The topological polar surface area (TPSA) is 42.7 Å². The third-order valence-corrected chi connectivity index (χ3v) is 4.41. The summed E-state index contributed by atoms with van der Waals surface area (Å²) in [7, 11) is 0. The lowest BCUT2D eigenvalue weighted by Gasteiger charge is -2.24. The summed E-state index contributed by atoms with van der Waals surface area (Å²) in [4.78, 5) is 11.1. The average Bonchev–Trinajstić information content (AvgIpc) is 3.22. The molecule has 4 rings (SSSR count). The molecule has 0 amide bonds. The van der Waals surface area contributed by atoms with Crippen LogP contribution in [0.5, 0.6) is 5.75 Å². The standard InChI is InChI=1S/C18H20N4O/c1-2-7-17(8-3-1)23-14-15-6-4-10-21(15)13-16-12-20-18-19-9-5-11-22(16)18/h1-3,5,7-9,11-12,15H,4,6,10,13-14H2/t15-/m0/s1. The second kappa shape index (κ2) is 6.38. The van der Waals surface area contributed by atoms with Gasteiger partial charge in [0.25, 0.3) is 0 Å². The molecule has 0 radical (unpaired) electrons. The van der Waals surface area contributed by atoms with Crippen molar-refractivity contribution < 1.29 is 4.74 Å². The third-order valence-electron chi connectivity index (χ3n) is 4.41. The quantitative estimate of drug-likeness (QED) is 0.727. The molecule has 0 unspecified atom stereocenters. The van der Waals surface area contributed by atoms with Gasteiger partial charge in [0.1, 0.15) is 12.4 Å². The number of imidazole rings is 1. The Balaban J connectivity index is 1.43. The fourth-order valence-electron chi connectivity index (χ4n) is 3.20. The lowest BCUT2D eigenvalue weighted by molar-refractivity contribution is 0.165. The first-order valence-electron chi connectivity index (χ1n) is 8.09. The largest absolute Gasteiger partial charge is 0.492 e. The van der Waals surface area contributed by atoms with Gasteiger partial charge in [-0.3, -0.25) is 9.30 Å². The van der Waals surface area contributed by atoms with Gasteiger partial charge < -0.3 is 4.74 Å². The second-order valence-corrected chi connectivity index (χ2v) is 5.93. The van der Waals surface area contributed by atoms with Gasteiger partial charge in [-0.15, -0.1) is 0 Å². The van der Waals surface area contributed by atoms with Gasteiger partial charge >= 0.3 is 0 Å². The summed E-state index contributed by atoms with van der Waals surface area (Å²) in [5, 5.41) is 0. The molecule has 1 atom stereocenters. The number of hydrogen-bond acceptors (Lipinski definition) is 4. The molecule has 1 fully saturated rings. The van der Waals surface area contributed by atoms with E-state index < -0.39 is 0 Å². The molecule has 0 spiro atoms. The highest BCUT2D eigenvalue weighted by Crippen LogP contribution is 2.21. The van der Waals surface area contributed by atoms with Gasteiger partial charge in [0.05, 0.1) is 11.9 Å². The molecule has 23 heavy (non-hydrogen) atoms. The lowest BCUT2D eigenvalue weighted by Crippen LogP contribution is -2.34. The number of fused-ring (bicyclic) bond motifs is 1. The molecule has 1 aromatic carbocycles. The van der Waals surface area contributed by atoms with Gasteiger partial charge in [0, 0.05) is 25.0 Å². The predicted octanol–water partition coefficient (Wildman–Crippen LogP) is 2.77. The van der Waals surface area contributed by atoms with Gasteiger partial charge in [0.2, 0.25) is 5.78 Å². The molecular formula is C18H20N4O. The van der Waals surface area contributed by atoms with Gasteiger partial charge in [-0.1, -0.05) is 18.2 Å². The summed E-state index contributed by atoms with van der Waals surface area (Å²) >= 11 is 0. The van der Waals surface area contributed by atoms with Crippen LogP contribution in [0.3, 0.4) is 0 Å². The molecule has 3 heterocycles. The van der Waals surface area contributed by atoms with Crippen LogP contribution in [0.2, 0.25) is 0 Å². The minimum atomic E-state index is 0.456. The van der Waals surface area contributed by atoms with E-state index in [9.17, 15) is 0 Å². The molecule has 1 saturated heterocycles. The predicted molar refractivity (Wildman–Crippen MR) is 88.4 cm³/mol. The number of rotatable bonds is 5. The maximum Gasteiger partial charge on any atom is 0.233 e. The number of ether oxygens (including phenoxy) is 1. The normalized spacial score (nSPS) is 18.5. The molecule has 5 nitrogen and oxygen atoms in total. The number of nitrogens with zero attached hydrogens (tertiary/aromatic N) is 4. The molecule has 0 bridgehead atoms. The number of hydrogen-bond donors (Lipinski definition) is 0. The molecule has 5 heteroatoms. The van der Waals surface area contributed by atoms with E-state index in [0.29, 0.717) is 6.04 Å². The van der Waals surface area contributed by atoms with Crippen LogP contribution in [0, 0.1) is 0 Å². The van der Waals surface area contributed by atoms with E-state index in [-0.39, 0.29) is 0 Å². The Morgan fingerprint density at radius 1 is 1.13 bits per heavy atom. The zero-order valence-electron chi connectivity index (χ0n) is 13.0. The van der Waals surface area contributed by atoms with Crippen LogP contribution in [0.4, 0.5) is 0 Å². The van der Waals surface area contributed by atoms with Crippen LogP contribution in [0.25, 0.3) is 5.78 Å². The van der Waals surface area contributed by atoms with Gasteiger partial charge in [-0.25, -0.2) is 9.97 Å². The van der Waals surface area contributed by atoms with Crippen molar-refractivity contribution in [2.24, 2.45) is 0 Å². The van der Waals surface area contributed by atoms with Crippen molar-refractivity contribution in [3.05, 3.63) is 60.7 Å². The Morgan fingerprint density at radius 3 is 2.96 bits per heavy atom. The fourth-order valence-corrected chi connectivity index (χ4v) is 3.20. The number of aromatic nitrogens is 3. The second-order valence-electron chi connectivity index (χ2n) is 5.93. The highest BCUT2D eigenvalue weighted by molar-refractivity contribution is 5.30. The van der Waals surface area contributed by atoms with Gasteiger partial charge in [0.15, 0.2) is 0 Å². The van der Waals surface area contributed by atoms with E-state index in [1.807, 2.05) is 48.8 Å². The fraction of sp³-hybridized carbons (Fsp3) is 0.333. The number of para-hydroxylation sites is 1. The van der Waals surface area contributed by atoms with Crippen molar-refractivity contribution in [3.63, 3.8) is 0 Å². The van der Waals surface area contributed by atoms with Gasteiger partial charge in [-0.2, -0.15) is 0 Å². The Bertz CT molecular complexity index is 771. The van der Waals surface area contributed by atoms with E-state index in [2.05, 4.69) is 19.3 Å². The summed E-state index contributed by atoms with van der Waals surface area (Å²) in [5.41, 5.74) is 1.18. The van der Waals surface area contributed by atoms with Crippen LogP contribution >= 0.6 is 0 Å². The van der Waals surface area contributed by atoms with Crippen molar-refractivity contribution in [1.82, 2.24) is 19.3 Å². The number of likely N-dealkylation sites (tertiary alicyclic amines) is 1. The van der Waals surface area contributed by atoms with Crippen LogP contribution < -0.4 is 4.74 Å². The molecule has 0 N–H and O–H groups in total. The summed E-state index contributed by atoms with van der Waals surface area (Å²) in [5.74, 6) is 1.71. The maximum absolute atomic E-state index is 5.95. The average molecular weight is 308 g/mol. The maximum atomic E-state index is 5.95. The van der Waals surface area contributed by atoms with Crippen molar-refractivity contribution in [3.8, 4) is 5.75 Å². The van der Waals surface area contributed by atoms with E-state index in [1.165, 1.54) is 18.5 Å². The first-order valence-corrected chi connectivity index (χ1v) is 8.09. The highest BCUT2D eigenvalue weighted by atomic mass is 16.5. The van der Waals surface area contributed by atoms with E-state index >= 15 is 0 Å². The van der Waals surface area contributed by atoms with Crippen molar-refractivity contribution >= 4 is 5.78 Å². The molecule has 1 aliphatic heterocycles. The Kier molecular flexibility index (Phi) is 3.94. The molecule has 0 aliphatic carbocycles. The number of benzene rings is 1. The zero-order valence-corrected chi connectivity index (χ0v) is 13.0. The smallest absolute Gasteiger partial charge is 0.233 e. The van der Waals surface area contributed by atoms with E-state index in [0.717, 1.165) is 31.2 Å². The SMILES string of the molecule is c1ccc(OC[C@@H]2CCCN2Cc2cnc3ncccn23)cc1. The van der Waals surface area contributed by atoms with E-state index in [4.69, 9.17) is 4.74 Å². The zero-order chi connectivity index (χ0) is 15.5. The van der Waals surface area contributed by atoms with Crippen molar-refractivity contribution in [2.75, 3.05) is 13.2 Å².